The minimum absolute atomic E-state index is 0.0578. The van der Waals surface area contributed by atoms with Crippen LogP contribution < -0.4 is 5.32 Å². The molecule has 0 saturated heterocycles. The van der Waals surface area contributed by atoms with Crippen molar-refractivity contribution in [2.45, 2.75) is 38.9 Å². The maximum absolute atomic E-state index is 8.71. The van der Waals surface area contributed by atoms with Gasteiger partial charge >= 0.3 is 0 Å². The Morgan fingerprint density at radius 2 is 2.50 bits per heavy atom. The van der Waals surface area contributed by atoms with Crippen molar-refractivity contribution in [3.63, 3.8) is 0 Å². The summed E-state index contributed by atoms with van der Waals surface area (Å²) in [4.78, 5) is 0. The first kappa shape index (κ1) is 12.6. The minimum Gasteiger partial charge on any atom is -0.394 e. The number of rotatable bonds is 7. The highest BCUT2D eigenvalue weighted by Crippen LogP contribution is 1.99. The van der Waals surface area contributed by atoms with Gasteiger partial charge in [-0.25, -0.2) is 4.68 Å². The van der Waals surface area contributed by atoms with Crippen molar-refractivity contribution in [2.24, 2.45) is 0 Å². The van der Waals surface area contributed by atoms with E-state index >= 15 is 0 Å². The molecule has 16 heavy (non-hydrogen) atoms. The van der Waals surface area contributed by atoms with Gasteiger partial charge in [-0.15, -0.1) is 5.10 Å². The molecule has 1 aromatic rings. The van der Waals surface area contributed by atoms with E-state index < -0.39 is 0 Å². The quantitative estimate of drug-likeness (QED) is 0.682. The predicted octanol–water partition coefficient (Wildman–Crippen LogP) is 0.0523. The van der Waals surface area contributed by atoms with Crippen molar-refractivity contribution < 1.29 is 5.11 Å². The molecule has 0 aliphatic carbocycles. The SMILES string of the molecule is CCC(CC#N)NCc1cn(CCO)nn1. The molecule has 0 radical (unpaired) electrons. The molecule has 1 heterocycles. The lowest BCUT2D eigenvalue weighted by Gasteiger charge is -2.11. The summed E-state index contributed by atoms with van der Waals surface area (Å²) in [6.45, 7) is 3.16. The largest absolute Gasteiger partial charge is 0.394 e. The molecule has 0 bridgehead atoms. The smallest absolute Gasteiger partial charge is 0.0964 e. The fourth-order valence-electron chi connectivity index (χ4n) is 1.35. The van der Waals surface area contributed by atoms with Crippen LogP contribution in [0.5, 0.6) is 0 Å². The Bertz CT molecular complexity index is 343. The first-order valence-electron chi connectivity index (χ1n) is 5.40. The Balaban J connectivity index is 2.38. The van der Waals surface area contributed by atoms with Gasteiger partial charge in [-0.1, -0.05) is 12.1 Å². The molecule has 2 N–H and O–H groups in total. The van der Waals surface area contributed by atoms with Gasteiger partial charge in [-0.05, 0) is 6.42 Å². The topological polar surface area (TPSA) is 86.8 Å². The van der Waals surface area contributed by atoms with Crippen LogP contribution in [0.4, 0.5) is 0 Å². The van der Waals surface area contributed by atoms with Crippen LogP contribution >= 0.6 is 0 Å². The summed E-state index contributed by atoms with van der Waals surface area (Å²) in [6, 6.07) is 2.35. The Kier molecular flexibility index (Phi) is 5.46. The summed E-state index contributed by atoms with van der Waals surface area (Å²) in [7, 11) is 0. The van der Waals surface area contributed by atoms with Crippen LogP contribution in [0.3, 0.4) is 0 Å². The first-order valence-corrected chi connectivity index (χ1v) is 5.40. The van der Waals surface area contributed by atoms with E-state index in [0.29, 0.717) is 19.5 Å². The second-order valence-corrected chi connectivity index (χ2v) is 3.54. The number of nitrogens with one attached hydrogen (secondary N) is 1. The van der Waals surface area contributed by atoms with E-state index in [9.17, 15) is 0 Å². The third kappa shape index (κ3) is 3.96. The average Bonchev–Trinajstić information content (AvgIpc) is 2.72. The van der Waals surface area contributed by atoms with Crippen molar-refractivity contribution in [3.05, 3.63) is 11.9 Å². The van der Waals surface area contributed by atoms with E-state index in [4.69, 9.17) is 10.4 Å². The van der Waals surface area contributed by atoms with Crippen LogP contribution in [0.1, 0.15) is 25.5 Å². The van der Waals surface area contributed by atoms with Gasteiger partial charge in [0.2, 0.25) is 0 Å². The third-order valence-electron chi connectivity index (χ3n) is 2.32. The Hall–Kier alpha value is -1.45. The zero-order chi connectivity index (χ0) is 11.8. The van der Waals surface area contributed by atoms with Gasteiger partial charge in [0.1, 0.15) is 0 Å². The van der Waals surface area contributed by atoms with Crippen molar-refractivity contribution in [3.8, 4) is 6.07 Å². The zero-order valence-corrected chi connectivity index (χ0v) is 9.43. The maximum Gasteiger partial charge on any atom is 0.0964 e. The number of nitrogens with zero attached hydrogens (tertiary/aromatic N) is 4. The molecule has 0 amide bonds. The lowest BCUT2D eigenvalue weighted by molar-refractivity contribution is 0.268. The Morgan fingerprint density at radius 3 is 3.12 bits per heavy atom. The average molecular weight is 223 g/mol. The van der Waals surface area contributed by atoms with E-state index in [1.807, 2.05) is 6.92 Å². The number of hydrogen-bond donors (Lipinski definition) is 2. The zero-order valence-electron chi connectivity index (χ0n) is 9.43. The molecule has 6 nitrogen and oxygen atoms in total. The highest BCUT2D eigenvalue weighted by molar-refractivity contribution is 4.93. The van der Waals surface area contributed by atoms with Gasteiger partial charge < -0.3 is 10.4 Å². The van der Waals surface area contributed by atoms with Crippen LogP contribution in [0.25, 0.3) is 0 Å². The normalized spacial score (nSPS) is 12.3. The Morgan fingerprint density at radius 1 is 1.69 bits per heavy atom. The van der Waals surface area contributed by atoms with Crippen LogP contribution in [0.2, 0.25) is 0 Å². The molecule has 0 spiro atoms. The summed E-state index contributed by atoms with van der Waals surface area (Å²) in [5, 5.41) is 28.4. The molecule has 1 aromatic heterocycles. The molecule has 6 heteroatoms. The highest BCUT2D eigenvalue weighted by Gasteiger charge is 2.06. The molecular weight excluding hydrogens is 206 g/mol. The van der Waals surface area contributed by atoms with Gasteiger partial charge in [0.25, 0.3) is 0 Å². The standard InChI is InChI=1S/C10H17N5O/c1-2-9(3-4-11)12-7-10-8-15(5-6-16)14-13-10/h8-9,12,16H,2-3,5-7H2,1H3. The molecule has 0 aliphatic heterocycles. The maximum atomic E-state index is 8.71. The molecule has 88 valence electrons. The van der Waals surface area contributed by atoms with E-state index in [-0.39, 0.29) is 12.6 Å². The molecule has 1 unspecified atom stereocenters. The van der Waals surface area contributed by atoms with Crippen molar-refractivity contribution in [2.75, 3.05) is 6.61 Å². The van der Waals surface area contributed by atoms with Gasteiger partial charge in [0.15, 0.2) is 0 Å². The predicted molar refractivity (Wildman–Crippen MR) is 58.3 cm³/mol. The van der Waals surface area contributed by atoms with Gasteiger partial charge in [-0.2, -0.15) is 5.26 Å². The van der Waals surface area contributed by atoms with E-state index in [1.165, 1.54) is 0 Å². The van der Waals surface area contributed by atoms with E-state index in [2.05, 4.69) is 21.7 Å². The van der Waals surface area contributed by atoms with Crippen LogP contribution in [0.15, 0.2) is 6.20 Å². The van der Waals surface area contributed by atoms with Gasteiger partial charge in [-0.3, -0.25) is 0 Å². The van der Waals surface area contributed by atoms with Crippen molar-refractivity contribution >= 4 is 0 Å². The lowest BCUT2D eigenvalue weighted by Crippen LogP contribution is -2.27. The lowest BCUT2D eigenvalue weighted by atomic mass is 10.1. The molecule has 0 aliphatic rings. The number of nitriles is 1. The van der Waals surface area contributed by atoms with Crippen molar-refractivity contribution in [1.29, 1.82) is 5.26 Å². The van der Waals surface area contributed by atoms with E-state index in [0.717, 1.165) is 12.1 Å². The minimum atomic E-state index is 0.0578. The summed E-state index contributed by atoms with van der Waals surface area (Å²) in [5.41, 5.74) is 0.824. The van der Waals surface area contributed by atoms with Crippen LogP contribution in [0, 0.1) is 11.3 Å². The number of hydrogen-bond acceptors (Lipinski definition) is 5. The summed E-state index contributed by atoms with van der Waals surface area (Å²) in [6.07, 6.45) is 3.21. The molecule has 1 atom stereocenters. The van der Waals surface area contributed by atoms with E-state index in [1.54, 1.807) is 10.9 Å². The third-order valence-corrected chi connectivity index (χ3v) is 2.32. The molecule has 0 saturated carbocycles. The monoisotopic (exact) mass is 223 g/mol. The van der Waals surface area contributed by atoms with Crippen LogP contribution in [-0.4, -0.2) is 32.7 Å². The second-order valence-electron chi connectivity index (χ2n) is 3.54. The first-order chi connectivity index (χ1) is 7.80. The number of aliphatic hydroxyl groups excluding tert-OH is 1. The van der Waals surface area contributed by atoms with Gasteiger partial charge in [0, 0.05) is 18.8 Å². The second kappa shape index (κ2) is 6.93. The molecule has 0 fully saturated rings. The Labute approximate surface area is 94.9 Å². The van der Waals surface area contributed by atoms with Crippen LogP contribution in [-0.2, 0) is 13.1 Å². The number of aromatic nitrogens is 3. The fraction of sp³-hybridized carbons (Fsp3) is 0.700. The fourth-order valence-corrected chi connectivity index (χ4v) is 1.35. The summed E-state index contributed by atoms with van der Waals surface area (Å²) in [5.74, 6) is 0. The summed E-state index contributed by atoms with van der Waals surface area (Å²) < 4.78 is 1.60. The molecular formula is C10H17N5O. The van der Waals surface area contributed by atoms with Gasteiger partial charge in [0.05, 0.1) is 31.3 Å². The molecule has 0 aromatic carbocycles. The molecule has 1 rings (SSSR count). The van der Waals surface area contributed by atoms with Crippen molar-refractivity contribution in [1.82, 2.24) is 20.3 Å². The summed E-state index contributed by atoms with van der Waals surface area (Å²) >= 11 is 0. The number of aliphatic hydroxyl groups is 1. The highest BCUT2D eigenvalue weighted by atomic mass is 16.3.